The van der Waals surface area contributed by atoms with Crippen LogP contribution in [-0.2, 0) is 24.3 Å². The summed E-state index contributed by atoms with van der Waals surface area (Å²) in [6.45, 7) is 17.7. The first-order valence-corrected chi connectivity index (χ1v) is 18.3. The van der Waals surface area contributed by atoms with Gasteiger partial charge in [-0.05, 0) is 70.2 Å². The summed E-state index contributed by atoms with van der Waals surface area (Å²) >= 11 is 0. The number of likely N-dealkylation sites (tertiary alicyclic amines) is 1. The average Bonchev–Trinajstić information content (AvgIpc) is 3.91. The van der Waals surface area contributed by atoms with Crippen molar-refractivity contribution in [1.82, 2.24) is 25.2 Å². The molecule has 2 heterocycles. The van der Waals surface area contributed by atoms with Crippen LogP contribution < -0.4 is 20.7 Å². The van der Waals surface area contributed by atoms with Crippen LogP contribution in [0.2, 0.25) is 0 Å². The molecule has 5 rings (SSSR count). The fourth-order valence-corrected chi connectivity index (χ4v) is 8.17. The molecule has 48 heavy (non-hydrogen) atoms. The van der Waals surface area contributed by atoms with E-state index in [-0.39, 0.29) is 18.5 Å². The van der Waals surface area contributed by atoms with Gasteiger partial charge in [0.15, 0.2) is 0 Å². The van der Waals surface area contributed by atoms with E-state index in [4.69, 9.17) is 4.74 Å². The number of rotatable bonds is 11. The number of carbonyl (C=O) groups is 3. The number of hydrogen-bond acceptors (Lipinski definition) is 9. The van der Waals surface area contributed by atoms with Crippen molar-refractivity contribution >= 4 is 44.5 Å². The highest BCUT2D eigenvalue weighted by Gasteiger charge is 2.62. The van der Waals surface area contributed by atoms with E-state index in [9.17, 15) is 22.8 Å². The lowest BCUT2D eigenvalue weighted by molar-refractivity contribution is -0.132. The number of amides is 3. The van der Waals surface area contributed by atoms with Gasteiger partial charge in [0.1, 0.15) is 17.0 Å². The number of ether oxygens (including phenoxy) is 1. The zero-order chi connectivity index (χ0) is 35.2. The van der Waals surface area contributed by atoms with E-state index in [1.54, 1.807) is 33.0 Å². The summed E-state index contributed by atoms with van der Waals surface area (Å²) in [5, 5.41) is 11.0. The number of nitrogens with zero attached hydrogens (tertiary/aromatic N) is 2. The largest absolute Gasteiger partial charge is 0.444 e. The fraction of sp³-hybridized carbons (Fsp3) is 0.600. The third-order valence-electron chi connectivity index (χ3n) is 9.52. The Balaban J connectivity index is 1.43. The molecule has 6 atom stereocenters. The number of pyridine rings is 1. The van der Waals surface area contributed by atoms with Gasteiger partial charge in [0.05, 0.1) is 17.3 Å². The van der Waals surface area contributed by atoms with Crippen molar-refractivity contribution in [1.29, 1.82) is 0 Å². The summed E-state index contributed by atoms with van der Waals surface area (Å²) in [6.07, 6.45) is 4.41. The fourth-order valence-electron chi connectivity index (χ4n) is 6.81. The van der Waals surface area contributed by atoms with Crippen LogP contribution in [0.25, 0.3) is 10.8 Å². The van der Waals surface area contributed by atoms with Crippen molar-refractivity contribution in [3.8, 4) is 0 Å². The Morgan fingerprint density at radius 1 is 1.10 bits per heavy atom. The van der Waals surface area contributed by atoms with Gasteiger partial charge >= 0.3 is 6.09 Å². The molecular weight excluding hydrogens is 632 g/mol. The van der Waals surface area contributed by atoms with Gasteiger partial charge < -0.3 is 20.7 Å². The van der Waals surface area contributed by atoms with Gasteiger partial charge in [-0.15, -0.1) is 6.58 Å². The number of alkyl carbamates (subject to hydrolysis) is 1. The second kappa shape index (κ2) is 13.0. The van der Waals surface area contributed by atoms with Crippen LogP contribution >= 0.6 is 0 Å². The van der Waals surface area contributed by atoms with Crippen molar-refractivity contribution in [3.63, 3.8) is 0 Å². The Labute approximate surface area is 283 Å². The first-order valence-electron chi connectivity index (χ1n) is 16.7. The Morgan fingerprint density at radius 2 is 1.79 bits per heavy atom. The maximum Gasteiger partial charge on any atom is 0.407 e. The standard InChI is InChI=1S/C35H50N6O6S/c1-9-23-19-35(23,31(43)40-48(45,46)25-14-15-25)39-30(42)27-18-24(37-29-26-13-11-10-12-22(26)16-17-36-29)20-41(27)21(2)28(33(3,4)5)38-32(44)47-34(6,7)8/h9-13,16-17,21,23-25,27-28H,1,14-15,18-20H2,2-8H3,(H,36,37)(H,38,44)(H,39,42)(H,40,43)/t21?,23?,24-,27+,28-,35-/m1/s1. The maximum absolute atomic E-state index is 14.3. The van der Waals surface area contributed by atoms with Crippen LogP contribution in [0.5, 0.6) is 0 Å². The van der Waals surface area contributed by atoms with Crippen molar-refractivity contribution in [2.45, 2.75) is 115 Å². The molecule has 1 aromatic carbocycles. The highest BCUT2D eigenvalue weighted by atomic mass is 32.2. The number of aromatic nitrogens is 1. The summed E-state index contributed by atoms with van der Waals surface area (Å²) < 4.78 is 33.2. The molecule has 2 saturated carbocycles. The molecule has 262 valence electrons. The number of carbonyl (C=O) groups excluding carboxylic acids is 3. The van der Waals surface area contributed by atoms with Crippen molar-refractivity contribution < 1.29 is 27.5 Å². The van der Waals surface area contributed by atoms with E-state index in [0.717, 1.165) is 10.8 Å². The number of fused-ring (bicyclic) bond motifs is 1. The monoisotopic (exact) mass is 682 g/mol. The first-order chi connectivity index (χ1) is 22.3. The van der Waals surface area contributed by atoms with Crippen molar-refractivity contribution in [2.75, 3.05) is 11.9 Å². The predicted molar refractivity (Wildman–Crippen MR) is 186 cm³/mol. The Bertz CT molecular complexity index is 1670. The summed E-state index contributed by atoms with van der Waals surface area (Å²) in [4.78, 5) is 47.5. The highest BCUT2D eigenvalue weighted by Crippen LogP contribution is 2.45. The third-order valence-corrected chi connectivity index (χ3v) is 11.3. The lowest BCUT2D eigenvalue weighted by Crippen LogP contribution is -2.61. The number of hydrogen-bond donors (Lipinski definition) is 4. The molecule has 0 spiro atoms. The van der Waals surface area contributed by atoms with Crippen molar-refractivity contribution in [3.05, 3.63) is 49.2 Å². The van der Waals surface area contributed by atoms with Gasteiger partial charge in [-0.1, -0.05) is 51.1 Å². The molecule has 12 nitrogen and oxygen atoms in total. The molecule has 4 N–H and O–H groups in total. The lowest BCUT2D eigenvalue weighted by atomic mass is 9.82. The normalized spacial score (nSPS) is 25.9. The van der Waals surface area contributed by atoms with E-state index in [1.165, 1.54) is 0 Å². The summed E-state index contributed by atoms with van der Waals surface area (Å²) in [5.41, 5.74) is -2.53. The molecule has 2 aromatic rings. The van der Waals surface area contributed by atoms with Gasteiger partial charge in [-0.25, -0.2) is 18.2 Å². The van der Waals surface area contributed by atoms with E-state index in [1.807, 2.05) is 62.9 Å². The van der Waals surface area contributed by atoms with E-state index < -0.39 is 67.7 Å². The molecule has 1 aliphatic heterocycles. The predicted octanol–water partition coefficient (Wildman–Crippen LogP) is 4.09. The quantitative estimate of drug-likeness (QED) is 0.256. The number of nitrogens with one attached hydrogen (secondary N) is 4. The first kappa shape index (κ1) is 35.6. The molecule has 1 aromatic heterocycles. The summed E-state index contributed by atoms with van der Waals surface area (Å²) in [6, 6.07) is 8.15. The molecule has 3 fully saturated rings. The molecule has 2 aliphatic carbocycles. The highest BCUT2D eigenvalue weighted by molar-refractivity contribution is 7.91. The molecular formula is C35H50N6O6S. The number of sulfonamides is 1. The van der Waals surface area contributed by atoms with Gasteiger partial charge in [0.2, 0.25) is 15.9 Å². The van der Waals surface area contributed by atoms with Crippen LogP contribution in [0.3, 0.4) is 0 Å². The molecule has 13 heteroatoms. The van der Waals surface area contributed by atoms with Gasteiger partial charge in [0, 0.05) is 36.1 Å². The van der Waals surface area contributed by atoms with Crippen LogP contribution in [0.4, 0.5) is 10.6 Å². The second-order valence-electron chi connectivity index (χ2n) is 15.6. The van der Waals surface area contributed by atoms with E-state index in [2.05, 4.69) is 32.2 Å². The smallest absolute Gasteiger partial charge is 0.407 e. The maximum atomic E-state index is 14.3. The molecule has 3 amide bonds. The SMILES string of the molecule is C=CC1C[C@]1(NC(=O)[C@@H]1C[C@@H](Nc2nccc3ccccc23)CN1C(C)[C@@H](NC(=O)OC(C)(C)C)C(C)(C)C)C(=O)NS(=O)(=O)C1CC1. The zero-order valence-corrected chi connectivity index (χ0v) is 29.8. The van der Waals surface area contributed by atoms with Crippen LogP contribution in [0, 0.1) is 11.3 Å². The number of benzene rings is 1. The molecule has 1 saturated heterocycles. The third kappa shape index (κ3) is 7.78. The zero-order valence-electron chi connectivity index (χ0n) is 29.0. The lowest BCUT2D eigenvalue weighted by Gasteiger charge is -2.42. The molecule has 0 bridgehead atoms. The second-order valence-corrected chi connectivity index (χ2v) is 17.5. The minimum Gasteiger partial charge on any atom is -0.444 e. The van der Waals surface area contributed by atoms with E-state index in [0.29, 0.717) is 31.6 Å². The topological polar surface area (TPSA) is 159 Å². The average molecular weight is 683 g/mol. The van der Waals surface area contributed by atoms with Gasteiger partial charge in [0.25, 0.3) is 5.91 Å². The molecule has 3 aliphatic rings. The summed E-state index contributed by atoms with van der Waals surface area (Å²) in [5.74, 6) is -0.849. The Morgan fingerprint density at radius 3 is 2.40 bits per heavy atom. The Kier molecular flexibility index (Phi) is 9.61. The van der Waals surface area contributed by atoms with Crippen LogP contribution in [-0.4, -0.2) is 83.3 Å². The van der Waals surface area contributed by atoms with Gasteiger partial charge in [-0.3, -0.25) is 19.2 Å². The van der Waals surface area contributed by atoms with E-state index >= 15 is 0 Å². The summed E-state index contributed by atoms with van der Waals surface area (Å²) in [7, 11) is -3.82. The molecule has 2 unspecified atom stereocenters. The minimum absolute atomic E-state index is 0.210. The minimum atomic E-state index is -3.82. The van der Waals surface area contributed by atoms with Gasteiger partial charge in [-0.2, -0.15) is 0 Å². The molecule has 0 radical (unpaired) electrons. The van der Waals surface area contributed by atoms with Crippen LogP contribution in [0.15, 0.2) is 49.2 Å². The number of anilines is 1. The van der Waals surface area contributed by atoms with Crippen molar-refractivity contribution in [2.24, 2.45) is 11.3 Å². The Hall–Kier alpha value is -3.71. The van der Waals surface area contributed by atoms with Crippen LogP contribution in [0.1, 0.15) is 74.1 Å².